The van der Waals surface area contributed by atoms with Gasteiger partial charge in [-0.15, -0.1) is 0 Å². The fourth-order valence-corrected chi connectivity index (χ4v) is 4.09. The summed E-state index contributed by atoms with van der Waals surface area (Å²) in [6, 6.07) is 2.23. The van der Waals surface area contributed by atoms with Crippen molar-refractivity contribution in [2.75, 3.05) is 20.1 Å². The van der Waals surface area contributed by atoms with Crippen LogP contribution in [0.25, 0.3) is 0 Å². The summed E-state index contributed by atoms with van der Waals surface area (Å²) in [5.41, 5.74) is 1.72. The Hall–Kier alpha value is -1.36. The highest BCUT2D eigenvalue weighted by Gasteiger charge is 2.47. The molecule has 3 heterocycles. The molecular weight excluding hydrogens is 276 g/mol. The first-order chi connectivity index (χ1) is 10.4. The van der Waals surface area contributed by atoms with Crippen LogP contribution >= 0.6 is 0 Å². The molecule has 1 aromatic rings. The smallest absolute Gasteiger partial charge is 0.274 e. The van der Waals surface area contributed by atoms with Gasteiger partial charge in [0.2, 0.25) is 0 Å². The number of H-pyrrole nitrogens is 1. The molecule has 0 saturated carbocycles. The van der Waals surface area contributed by atoms with Gasteiger partial charge in [-0.05, 0) is 58.2 Å². The van der Waals surface area contributed by atoms with Gasteiger partial charge in [-0.3, -0.25) is 14.8 Å². The number of amides is 1. The van der Waals surface area contributed by atoms with Crippen LogP contribution in [-0.4, -0.2) is 57.6 Å². The van der Waals surface area contributed by atoms with Crippen LogP contribution in [0.3, 0.4) is 0 Å². The number of carbonyl (C=O) groups is 1. The number of hydrogen-bond donors (Lipinski definition) is 1. The van der Waals surface area contributed by atoms with E-state index in [1.165, 1.54) is 12.8 Å². The third-order valence-electron chi connectivity index (χ3n) is 5.72. The van der Waals surface area contributed by atoms with Crippen molar-refractivity contribution in [2.45, 2.75) is 64.0 Å². The van der Waals surface area contributed by atoms with Gasteiger partial charge in [0.25, 0.3) is 5.91 Å². The Morgan fingerprint density at radius 3 is 2.86 bits per heavy atom. The highest BCUT2D eigenvalue weighted by molar-refractivity contribution is 5.92. The second-order valence-corrected chi connectivity index (χ2v) is 7.40. The number of piperidine rings is 2. The fraction of sp³-hybridized carbons (Fsp3) is 0.765. The van der Waals surface area contributed by atoms with E-state index < -0.39 is 0 Å². The van der Waals surface area contributed by atoms with Crippen molar-refractivity contribution >= 4 is 5.91 Å². The highest BCUT2D eigenvalue weighted by atomic mass is 16.2. The average molecular weight is 304 g/mol. The molecule has 2 aliphatic rings. The Balaban J connectivity index is 1.84. The van der Waals surface area contributed by atoms with Crippen molar-refractivity contribution in [3.05, 3.63) is 17.5 Å². The molecule has 3 rings (SSSR count). The zero-order valence-corrected chi connectivity index (χ0v) is 14.2. The Kier molecular flexibility index (Phi) is 4.02. The maximum Gasteiger partial charge on any atom is 0.274 e. The van der Waals surface area contributed by atoms with Gasteiger partial charge in [-0.2, -0.15) is 5.10 Å². The van der Waals surface area contributed by atoms with E-state index >= 15 is 0 Å². The van der Waals surface area contributed by atoms with Crippen LogP contribution in [0.15, 0.2) is 6.07 Å². The quantitative estimate of drug-likeness (QED) is 0.914. The van der Waals surface area contributed by atoms with Crippen LogP contribution in [0.2, 0.25) is 0 Å². The molecule has 2 saturated heterocycles. The molecule has 0 unspecified atom stereocenters. The molecule has 5 nitrogen and oxygen atoms in total. The van der Waals surface area contributed by atoms with Gasteiger partial charge in [0.05, 0.1) is 6.04 Å². The van der Waals surface area contributed by atoms with Gasteiger partial charge in [0, 0.05) is 17.8 Å². The van der Waals surface area contributed by atoms with Crippen molar-refractivity contribution in [1.82, 2.24) is 20.0 Å². The molecule has 0 spiro atoms. The lowest BCUT2D eigenvalue weighted by molar-refractivity contribution is -0.0349. The number of aromatic amines is 1. The summed E-state index contributed by atoms with van der Waals surface area (Å²) in [4.78, 5) is 17.5. The minimum Gasteiger partial charge on any atom is -0.332 e. The van der Waals surface area contributed by atoms with Gasteiger partial charge in [0.15, 0.2) is 0 Å². The first-order valence-electron chi connectivity index (χ1n) is 8.51. The predicted octanol–water partition coefficient (Wildman–Crippen LogP) is 2.62. The molecule has 0 aliphatic carbocycles. The van der Waals surface area contributed by atoms with Gasteiger partial charge in [0.1, 0.15) is 5.69 Å². The van der Waals surface area contributed by atoms with Crippen molar-refractivity contribution in [1.29, 1.82) is 0 Å². The molecule has 1 N–H and O–H groups in total. The minimum absolute atomic E-state index is 0.0920. The van der Waals surface area contributed by atoms with Crippen molar-refractivity contribution < 1.29 is 4.79 Å². The first-order valence-corrected chi connectivity index (χ1v) is 8.51. The van der Waals surface area contributed by atoms with Crippen LogP contribution in [0, 0.1) is 0 Å². The summed E-state index contributed by atoms with van der Waals surface area (Å²) in [6.45, 7) is 8.53. The summed E-state index contributed by atoms with van der Waals surface area (Å²) in [7, 11) is 2.20. The van der Waals surface area contributed by atoms with Crippen LogP contribution in [0.5, 0.6) is 0 Å². The van der Waals surface area contributed by atoms with E-state index in [9.17, 15) is 4.79 Å². The normalized spacial score (nSPS) is 29.7. The molecular formula is C17H28N4O. The molecule has 0 bridgehead atoms. The van der Waals surface area contributed by atoms with Crippen LogP contribution in [-0.2, 0) is 0 Å². The lowest BCUT2D eigenvalue weighted by atomic mass is 9.76. The number of carbonyl (C=O) groups excluding carboxylic acids is 1. The molecule has 5 heteroatoms. The number of nitrogens with zero attached hydrogens (tertiary/aromatic N) is 3. The Labute approximate surface area is 133 Å². The number of fused-ring (bicyclic) bond motifs is 1. The van der Waals surface area contributed by atoms with Gasteiger partial charge < -0.3 is 4.90 Å². The molecule has 122 valence electrons. The first kappa shape index (κ1) is 15.5. The summed E-state index contributed by atoms with van der Waals surface area (Å²) in [5, 5.41) is 7.27. The molecule has 2 fully saturated rings. The topological polar surface area (TPSA) is 52.2 Å². The van der Waals surface area contributed by atoms with Crippen LogP contribution in [0.4, 0.5) is 0 Å². The number of aromatic nitrogens is 2. The maximum atomic E-state index is 13.0. The van der Waals surface area contributed by atoms with Gasteiger partial charge >= 0.3 is 0 Å². The molecule has 2 aliphatic heterocycles. The molecule has 2 atom stereocenters. The van der Waals surface area contributed by atoms with Crippen molar-refractivity contribution in [2.24, 2.45) is 0 Å². The second-order valence-electron chi connectivity index (χ2n) is 7.40. The number of rotatable bonds is 2. The van der Waals surface area contributed by atoms with E-state index in [0.29, 0.717) is 17.7 Å². The molecule has 1 amide bonds. The molecule has 0 aromatic carbocycles. The third kappa shape index (κ3) is 2.45. The largest absolute Gasteiger partial charge is 0.332 e. The Morgan fingerprint density at radius 2 is 2.18 bits per heavy atom. The van der Waals surface area contributed by atoms with Gasteiger partial charge in [-0.25, -0.2) is 0 Å². The van der Waals surface area contributed by atoms with E-state index in [-0.39, 0.29) is 11.4 Å². The second kappa shape index (κ2) is 5.69. The lowest BCUT2D eigenvalue weighted by Gasteiger charge is -2.55. The summed E-state index contributed by atoms with van der Waals surface area (Å²) in [6.07, 6.45) is 4.52. The highest BCUT2D eigenvalue weighted by Crippen LogP contribution is 2.38. The van der Waals surface area contributed by atoms with E-state index in [2.05, 4.69) is 47.8 Å². The monoisotopic (exact) mass is 304 g/mol. The minimum atomic E-state index is 0.0920. The molecule has 1 aromatic heterocycles. The lowest BCUT2D eigenvalue weighted by Crippen LogP contribution is -2.66. The number of hydrogen-bond acceptors (Lipinski definition) is 3. The van der Waals surface area contributed by atoms with Crippen LogP contribution in [0.1, 0.15) is 68.6 Å². The van der Waals surface area contributed by atoms with Gasteiger partial charge in [-0.1, -0.05) is 13.8 Å². The Morgan fingerprint density at radius 1 is 1.41 bits per heavy atom. The SMILES string of the molecule is CC(C)c1cc(C(=O)N2CCC[C@@]3(C)[C@@H]2CCCN3C)n[nH]1. The van der Waals surface area contributed by atoms with E-state index in [1.54, 1.807) is 0 Å². The standard InChI is InChI=1S/C17H28N4O/c1-12(2)13-11-14(19-18-13)16(22)21-10-6-8-17(3)15(21)7-5-9-20(17)4/h11-12,15H,5-10H2,1-4H3,(H,18,19)/t15-,17-/m0/s1. The zero-order valence-electron chi connectivity index (χ0n) is 14.2. The van der Waals surface area contributed by atoms with Crippen molar-refractivity contribution in [3.63, 3.8) is 0 Å². The average Bonchev–Trinajstić information content (AvgIpc) is 2.97. The third-order valence-corrected chi connectivity index (χ3v) is 5.72. The van der Waals surface area contributed by atoms with Crippen LogP contribution < -0.4 is 0 Å². The summed E-state index contributed by atoms with van der Waals surface area (Å²) < 4.78 is 0. The predicted molar refractivity (Wildman–Crippen MR) is 87.0 cm³/mol. The fourth-order valence-electron chi connectivity index (χ4n) is 4.09. The summed E-state index contributed by atoms with van der Waals surface area (Å²) in [5.74, 6) is 0.455. The summed E-state index contributed by atoms with van der Waals surface area (Å²) >= 11 is 0. The van der Waals surface area contributed by atoms with E-state index in [0.717, 1.165) is 31.6 Å². The Bertz CT molecular complexity index is 553. The van der Waals surface area contributed by atoms with E-state index in [4.69, 9.17) is 0 Å². The number of nitrogens with one attached hydrogen (secondary N) is 1. The zero-order chi connectivity index (χ0) is 15.9. The van der Waals surface area contributed by atoms with Crippen molar-refractivity contribution in [3.8, 4) is 0 Å². The molecule has 0 radical (unpaired) electrons. The molecule has 22 heavy (non-hydrogen) atoms. The number of likely N-dealkylation sites (tertiary alicyclic amines) is 2. The number of likely N-dealkylation sites (N-methyl/N-ethyl adjacent to an activating group) is 1. The van der Waals surface area contributed by atoms with E-state index in [1.807, 2.05) is 6.07 Å². The maximum absolute atomic E-state index is 13.0.